The first-order valence-electron chi connectivity index (χ1n) is 27.2. The molecule has 14 rings (SSSR count). The molecule has 4 atom stereocenters. The molecule has 1 saturated heterocycles. The SMILES string of the molecule is C1=CC2C(C=C1C1=CC=C3C(C1)c1ccccc1N3C1=CC=C(c3cc(C4=CCCCC4)nc(-c4ccccc4)c3)CC1)C1=CCCC=C1N2c1cccc(C2=CC(c3ccccc3)=NC(c3ccccc3)C2)c1. The van der Waals surface area contributed by atoms with E-state index in [-0.39, 0.29) is 18.0 Å². The van der Waals surface area contributed by atoms with Crippen LogP contribution in [0.3, 0.4) is 0 Å². The van der Waals surface area contributed by atoms with Gasteiger partial charge in [-0.3, -0.25) is 4.99 Å². The first kappa shape index (κ1) is 44.6. The molecule has 0 saturated carbocycles. The molecule has 1 aromatic heterocycles. The maximum Gasteiger partial charge on any atom is 0.0796 e. The van der Waals surface area contributed by atoms with Crippen molar-refractivity contribution in [3.05, 3.63) is 286 Å². The van der Waals surface area contributed by atoms with Crippen LogP contribution in [0.1, 0.15) is 110 Å². The molecule has 4 nitrogen and oxygen atoms in total. The fourth-order valence-electron chi connectivity index (χ4n) is 13.1. The summed E-state index contributed by atoms with van der Waals surface area (Å²) >= 11 is 0. The summed E-state index contributed by atoms with van der Waals surface area (Å²) in [6, 6.07) is 55.6. The molecule has 4 unspecified atom stereocenters. The minimum absolute atomic E-state index is 0.0627. The summed E-state index contributed by atoms with van der Waals surface area (Å²) in [6.07, 6.45) is 37.7. The van der Waals surface area contributed by atoms with Crippen LogP contribution in [-0.2, 0) is 0 Å². The molecule has 8 aliphatic rings. The minimum Gasteiger partial charge on any atom is -0.334 e. The highest BCUT2D eigenvalue weighted by atomic mass is 15.2. The molecule has 0 radical (unpaired) electrons. The van der Waals surface area contributed by atoms with Gasteiger partial charge >= 0.3 is 0 Å². The Labute approximate surface area is 436 Å². The van der Waals surface area contributed by atoms with Crippen molar-refractivity contribution in [3.8, 4) is 11.3 Å². The van der Waals surface area contributed by atoms with Crippen LogP contribution in [0, 0.1) is 5.92 Å². The quantitative estimate of drug-likeness (QED) is 0.145. The van der Waals surface area contributed by atoms with E-state index in [9.17, 15) is 0 Å². The van der Waals surface area contributed by atoms with E-state index in [1.165, 1.54) is 103 Å². The van der Waals surface area contributed by atoms with Crippen molar-refractivity contribution in [3.63, 3.8) is 0 Å². The molecule has 360 valence electrons. The third kappa shape index (κ3) is 8.18. The molecule has 74 heavy (non-hydrogen) atoms. The Balaban J connectivity index is 0.753. The van der Waals surface area contributed by atoms with Gasteiger partial charge in [-0.2, -0.15) is 0 Å². The van der Waals surface area contributed by atoms with Crippen LogP contribution in [0.2, 0.25) is 0 Å². The summed E-state index contributed by atoms with van der Waals surface area (Å²) in [7, 11) is 0. The predicted molar refractivity (Wildman–Crippen MR) is 307 cm³/mol. The maximum atomic E-state index is 5.32. The Morgan fingerprint density at radius 3 is 2.14 bits per heavy atom. The van der Waals surface area contributed by atoms with E-state index in [4.69, 9.17) is 9.98 Å². The van der Waals surface area contributed by atoms with E-state index in [1.807, 2.05) is 0 Å². The Kier molecular flexibility index (Phi) is 11.5. The molecular weight excluding hydrogens is 897 g/mol. The smallest absolute Gasteiger partial charge is 0.0796 e. The molecule has 5 aliphatic carbocycles. The number of allylic oxidation sites excluding steroid dienone is 16. The first-order chi connectivity index (χ1) is 36.7. The van der Waals surface area contributed by atoms with Crippen molar-refractivity contribution in [2.24, 2.45) is 10.9 Å². The Bertz CT molecular complexity index is 3570. The number of aromatic nitrogens is 1. The summed E-state index contributed by atoms with van der Waals surface area (Å²) in [5, 5.41) is 0. The van der Waals surface area contributed by atoms with Crippen LogP contribution < -0.4 is 9.80 Å². The second-order valence-corrected chi connectivity index (χ2v) is 21.2. The van der Waals surface area contributed by atoms with Gasteiger partial charge in [-0.1, -0.05) is 170 Å². The predicted octanol–water partition coefficient (Wildman–Crippen LogP) is 17.2. The van der Waals surface area contributed by atoms with Gasteiger partial charge in [0.1, 0.15) is 0 Å². The molecule has 0 N–H and O–H groups in total. The fourth-order valence-corrected chi connectivity index (χ4v) is 13.1. The summed E-state index contributed by atoms with van der Waals surface area (Å²) in [5.74, 6) is 0.588. The molecule has 0 bridgehead atoms. The van der Waals surface area contributed by atoms with Gasteiger partial charge in [0.05, 0.1) is 29.2 Å². The Morgan fingerprint density at radius 1 is 0.541 bits per heavy atom. The van der Waals surface area contributed by atoms with E-state index in [1.54, 1.807) is 0 Å². The average molecular weight is 957 g/mol. The number of rotatable bonds is 9. The van der Waals surface area contributed by atoms with Crippen LogP contribution in [0.25, 0.3) is 28.0 Å². The van der Waals surface area contributed by atoms with Gasteiger partial charge in [-0.05, 0) is 174 Å². The van der Waals surface area contributed by atoms with Crippen molar-refractivity contribution in [1.82, 2.24) is 4.98 Å². The standard InChI is InChI=1S/C70H60N4/c1-5-18-48(19-6-1)63-43-55(44-64(71-63)49-20-7-2-8-21-49)47-32-36-57(37-33-47)73-67-30-15-13-28-59(67)61-41-53(34-38-69(61)73)54-35-39-70-62(42-54)60-29-14-16-31-68(60)74(70)58-27-17-26-52(40-58)56-45-65(50-22-9-3-10-23-50)72-66(46-56)51-24-11-4-12-25-51/h1,3-6,9-13,15,17-20,22-32,34-36,38-40,42-45,61-62,66,70H,2,7-8,14,16,21,33,37,41,46H2. The summed E-state index contributed by atoms with van der Waals surface area (Å²) < 4.78 is 0. The molecule has 3 aliphatic heterocycles. The molecule has 4 heterocycles. The molecule has 0 spiro atoms. The zero-order chi connectivity index (χ0) is 49.0. The van der Waals surface area contributed by atoms with Crippen LogP contribution in [0.4, 0.5) is 11.4 Å². The van der Waals surface area contributed by atoms with E-state index < -0.39 is 0 Å². The zero-order valence-electron chi connectivity index (χ0n) is 42.0. The van der Waals surface area contributed by atoms with Crippen LogP contribution >= 0.6 is 0 Å². The Hall–Kier alpha value is -8.08. The topological polar surface area (TPSA) is 31.7 Å². The molecule has 5 aromatic carbocycles. The highest BCUT2D eigenvalue weighted by molar-refractivity contribution is 6.13. The van der Waals surface area contributed by atoms with Crippen molar-refractivity contribution >= 4 is 33.8 Å². The lowest BCUT2D eigenvalue weighted by atomic mass is 9.80. The van der Waals surface area contributed by atoms with Crippen molar-refractivity contribution < 1.29 is 0 Å². The third-order valence-corrected chi connectivity index (χ3v) is 16.8. The number of pyridine rings is 1. The van der Waals surface area contributed by atoms with Gasteiger partial charge in [-0.25, -0.2) is 4.98 Å². The van der Waals surface area contributed by atoms with Crippen molar-refractivity contribution in [2.75, 3.05) is 9.80 Å². The second kappa shape index (κ2) is 19.1. The lowest BCUT2D eigenvalue weighted by Gasteiger charge is -2.32. The number of benzene rings is 5. The normalized spacial score (nSPS) is 22.8. The van der Waals surface area contributed by atoms with E-state index >= 15 is 0 Å². The zero-order valence-corrected chi connectivity index (χ0v) is 42.0. The minimum atomic E-state index is 0.0627. The highest BCUT2D eigenvalue weighted by Gasteiger charge is 2.43. The number of dihydropyridines is 1. The number of anilines is 2. The number of nitrogens with zero attached hydrogens (tertiary/aromatic N) is 4. The molecule has 4 heteroatoms. The number of hydrogen-bond donors (Lipinski definition) is 0. The molecule has 1 fully saturated rings. The second-order valence-electron chi connectivity index (χ2n) is 21.2. The fraction of sp³-hybridized carbons (Fsp3) is 0.200. The first-order valence-corrected chi connectivity index (χ1v) is 27.2. The van der Waals surface area contributed by atoms with Gasteiger partial charge in [0.15, 0.2) is 0 Å². The van der Waals surface area contributed by atoms with Crippen LogP contribution in [-0.4, -0.2) is 16.7 Å². The summed E-state index contributed by atoms with van der Waals surface area (Å²) in [5.41, 5.74) is 25.9. The lowest BCUT2D eigenvalue weighted by molar-refractivity contribution is 0.692. The lowest BCUT2D eigenvalue weighted by Crippen LogP contribution is -2.31. The van der Waals surface area contributed by atoms with Gasteiger partial charge in [-0.15, -0.1) is 0 Å². The monoisotopic (exact) mass is 956 g/mol. The number of fused-ring (bicyclic) bond motifs is 6. The highest BCUT2D eigenvalue weighted by Crippen LogP contribution is 2.54. The molecular formula is C70H60N4. The van der Waals surface area contributed by atoms with E-state index in [0.717, 1.165) is 74.0 Å². The molecule has 6 aromatic rings. The molecule has 0 amide bonds. The number of aliphatic imine (C=N–C) groups is 1. The van der Waals surface area contributed by atoms with E-state index in [0.29, 0.717) is 5.92 Å². The van der Waals surface area contributed by atoms with Crippen molar-refractivity contribution in [2.45, 2.75) is 82.2 Å². The van der Waals surface area contributed by atoms with Gasteiger partial charge < -0.3 is 9.80 Å². The summed E-state index contributed by atoms with van der Waals surface area (Å²) in [4.78, 5) is 15.8. The van der Waals surface area contributed by atoms with Gasteiger partial charge in [0, 0.05) is 45.9 Å². The number of para-hydroxylation sites is 1. The summed E-state index contributed by atoms with van der Waals surface area (Å²) in [6.45, 7) is 0. The van der Waals surface area contributed by atoms with E-state index in [2.05, 4.69) is 228 Å². The van der Waals surface area contributed by atoms with Crippen LogP contribution in [0.5, 0.6) is 0 Å². The van der Waals surface area contributed by atoms with Gasteiger partial charge in [0.2, 0.25) is 0 Å². The van der Waals surface area contributed by atoms with Crippen LogP contribution in [0.15, 0.2) is 257 Å². The maximum absolute atomic E-state index is 5.32. The average Bonchev–Trinajstić information content (AvgIpc) is 4.00. The third-order valence-electron chi connectivity index (χ3n) is 16.8. The largest absolute Gasteiger partial charge is 0.334 e. The van der Waals surface area contributed by atoms with Gasteiger partial charge in [0.25, 0.3) is 0 Å². The Morgan fingerprint density at radius 2 is 1.31 bits per heavy atom. The number of hydrogen-bond acceptors (Lipinski definition) is 4. The van der Waals surface area contributed by atoms with Crippen molar-refractivity contribution in [1.29, 1.82) is 0 Å².